The summed E-state index contributed by atoms with van der Waals surface area (Å²) in [5.41, 5.74) is 1.10. The van der Waals surface area contributed by atoms with Gasteiger partial charge in [0.25, 0.3) is 0 Å². The van der Waals surface area contributed by atoms with E-state index in [-0.39, 0.29) is 5.89 Å². The number of rotatable bonds is 6. The lowest BCUT2D eigenvalue weighted by Crippen LogP contribution is -1.95. The Balaban J connectivity index is 1.92. The molecular formula is C13H14N2O4. The molecule has 0 aliphatic heterocycles. The number of carbonyl (C=O) groups is 1. The summed E-state index contributed by atoms with van der Waals surface area (Å²) in [7, 11) is 0. The quantitative estimate of drug-likeness (QED) is 0.856. The molecule has 0 atom stereocenters. The second-order valence-electron chi connectivity index (χ2n) is 3.88. The molecule has 0 unspecified atom stereocenters. The molecule has 0 saturated carbocycles. The first-order valence-corrected chi connectivity index (χ1v) is 5.96. The maximum absolute atomic E-state index is 10.6. The van der Waals surface area contributed by atoms with Crippen molar-refractivity contribution in [1.82, 2.24) is 10.2 Å². The van der Waals surface area contributed by atoms with Gasteiger partial charge in [-0.3, -0.25) is 0 Å². The van der Waals surface area contributed by atoms with Gasteiger partial charge in [0.05, 0.1) is 6.61 Å². The Morgan fingerprint density at radius 3 is 2.58 bits per heavy atom. The fourth-order valence-corrected chi connectivity index (χ4v) is 1.61. The van der Waals surface area contributed by atoms with Crippen molar-refractivity contribution in [2.45, 2.75) is 19.8 Å². The van der Waals surface area contributed by atoms with Gasteiger partial charge < -0.3 is 14.3 Å². The van der Waals surface area contributed by atoms with Crippen LogP contribution < -0.4 is 4.74 Å². The number of benzene rings is 1. The van der Waals surface area contributed by atoms with Crippen LogP contribution in [0.15, 0.2) is 28.7 Å². The zero-order valence-electron chi connectivity index (χ0n) is 10.5. The van der Waals surface area contributed by atoms with Crippen LogP contribution in [-0.2, 0) is 12.8 Å². The minimum absolute atomic E-state index is 0.325. The number of hydrogen-bond donors (Lipinski definition) is 1. The van der Waals surface area contributed by atoms with E-state index >= 15 is 0 Å². The predicted octanol–water partition coefficient (Wildman–Crippen LogP) is 1.95. The van der Waals surface area contributed by atoms with Crippen molar-refractivity contribution in [3.8, 4) is 5.75 Å². The lowest BCUT2D eigenvalue weighted by Gasteiger charge is -2.03. The summed E-state index contributed by atoms with van der Waals surface area (Å²) in [5.74, 6) is -0.426. The number of ether oxygens (including phenoxy) is 1. The highest BCUT2D eigenvalue weighted by atomic mass is 16.5. The van der Waals surface area contributed by atoms with E-state index < -0.39 is 5.97 Å². The molecule has 1 aromatic carbocycles. The topological polar surface area (TPSA) is 85.5 Å². The first-order valence-electron chi connectivity index (χ1n) is 5.96. The maximum Gasteiger partial charge on any atom is 0.393 e. The van der Waals surface area contributed by atoms with E-state index in [1.165, 1.54) is 0 Å². The SMILES string of the molecule is CCOc1ccc(CCc2nnc(C(=O)O)o2)cc1. The van der Waals surface area contributed by atoms with Crippen LogP contribution in [0.4, 0.5) is 0 Å². The third-order valence-electron chi connectivity index (χ3n) is 2.51. The monoisotopic (exact) mass is 262 g/mol. The molecular weight excluding hydrogens is 248 g/mol. The summed E-state index contributed by atoms with van der Waals surface area (Å²) in [6.45, 7) is 2.57. The van der Waals surface area contributed by atoms with Crippen molar-refractivity contribution < 1.29 is 19.1 Å². The second-order valence-corrected chi connectivity index (χ2v) is 3.88. The van der Waals surface area contributed by atoms with E-state index in [0.29, 0.717) is 25.3 Å². The minimum atomic E-state index is -1.21. The molecule has 19 heavy (non-hydrogen) atoms. The van der Waals surface area contributed by atoms with Gasteiger partial charge in [-0.2, -0.15) is 0 Å². The molecule has 0 aliphatic rings. The molecule has 1 N–H and O–H groups in total. The number of aryl methyl sites for hydroxylation is 2. The summed E-state index contributed by atoms with van der Waals surface area (Å²) in [6, 6.07) is 7.71. The van der Waals surface area contributed by atoms with Gasteiger partial charge in [0.1, 0.15) is 5.75 Å². The van der Waals surface area contributed by atoms with Crippen molar-refractivity contribution in [2.24, 2.45) is 0 Å². The fourth-order valence-electron chi connectivity index (χ4n) is 1.61. The third-order valence-corrected chi connectivity index (χ3v) is 2.51. The summed E-state index contributed by atoms with van der Waals surface area (Å²) in [6.07, 6.45) is 1.21. The Bertz CT molecular complexity index is 548. The van der Waals surface area contributed by atoms with E-state index in [1.54, 1.807) is 0 Å². The molecule has 0 spiro atoms. The van der Waals surface area contributed by atoms with Crippen molar-refractivity contribution in [1.29, 1.82) is 0 Å². The molecule has 100 valence electrons. The summed E-state index contributed by atoms with van der Waals surface area (Å²) in [5, 5.41) is 15.8. The molecule has 0 saturated heterocycles. The average molecular weight is 262 g/mol. The fraction of sp³-hybridized carbons (Fsp3) is 0.308. The van der Waals surface area contributed by atoms with Gasteiger partial charge in [-0.05, 0) is 31.0 Å². The second kappa shape index (κ2) is 5.99. The number of carboxylic acid groups (broad SMARTS) is 1. The first kappa shape index (κ1) is 13.1. The van der Waals surface area contributed by atoms with Gasteiger partial charge in [-0.25, -0.2) is 4.79 Å². The lowest BCUT2D eigenvalue weighted by molar-refractivity contribution is 0.0651. The highest BCUT2D eigenvalue weighted by molar-refractivity contribution is 5.81. The van der Waals surface area contributed by atoms with Gasteiger partial charge in [0.2, 0.25) is 5.89 Å². The minimum Gasteiger partial charge on any atom is -0.494 e. The first-order chi connectivity index (χ1) is 9.19. The lowest BCUT2D eigenvalue weighted by atomic mass is 10.1. The smallest absolute Gasteiger partial charge is 0.393 e. The van der Waals surface area contributed by atoms with Crippen LogP contribution in [0, 0.1) is 0 Å². The highest BCUT2D eigenvalue weighted by Crippen LogP contribution is 2.13. The number of nitrogens with zero attached hydrogens (tertiary/aromatic N) is 2. The van der Waals surface area contributed by atoms with Gasteiger partial charge in [-0.1, -0.05) is 12.1 Å². The largest absolute Gasteiger partial charge is 0.494 e. The molecule has 0 amide bonds. The Morgan fingerprint density at radius 2 is 2.00 bits per heavy atom. The van der Waals surface area contributed by atoms with Crippen molar-refractivity contribution >= 4 is 5.97 Å². The van der Waals surface area contributed by atoms with Gasteiger partial charge in [0.15, 0.2) is 0 Å². The van der Waals surface area contributed by atoms with Crippen LogP contribution in [-0.4, -0.2) is 27.9 Å². The molecule has 2 aromatic rings. The Morgan fingerprint density at radius 1 is 1.26 bits per heavy atom. The van der Waals surface area contributed by atoms with Crippen LogP contribution in [0.2, 0.25) is 0 Å². The predicted molar refractivity (Wildman–Crippen MR) is 66.3 cm³/mol. The van der Waals surface area contributed by atoms with Crippen LogP contribution in [0.3, 0.4) is 0 Å². The van der Waals surface area contributed by atoms with Crippen molar-refractivity contribution in [3.05, 3.63) is 41.6 Å². The molecule has 0 radical (unpaired) electrons. The van der Waals surface area contributed by atoms with Crippen LogP contribution in [0.25, 0.3) is 0 Å². The summed E-state index contributed by atoms with van der Waals surface area (Å²) in [4.78, 5) is 10.6. The van der Waals surface area contributed by atoms with Gasteiger partial charge in [-0.15, -0.1) is 10.2 Å². The zero-order chi connectivity index (χ0) is 13.7. The molecule has 0 fully saturated rings. The highest BCUT2D eigenvalue weighted by Gasteiger charge is 2.12. The van der Waals surface area contributed by atoms with E-state index in [1.807, 2.05) is 31.2 Å². The molecule has 0 aliphatic carbocycles. The molecule has 0 bridgehead atoms. The van der Waals surface area contributed by atoms with Crippen LogP contribution >= 0.6 is 0 Å². The molecule has 1 aromatic heterocycles. The molecule has 1 heterocycles. The van der Waals surface area contributed by atoms with Crippen molar-refractivity contribution in [3.63, 3.8) is 0 Å². The standard InChI is InChI=1S/C13H14N2O4/c1-2-18-10-6-3-9(4-7-10)5-8-11-14-15-12(19-11)13(16)17/h3-4,6-7H,2,5,8H2,1H3,(H,16,17). The summed E-state index contributed by atoms with van der Waals surface area (Å²) < 4.78 is 10.3. The van der Waals surface area contributed by atoms with E-state index in [0.717, 1.165) is 11.3 Å². The number of carboxylic acids is 1. The van der Waals surface area contributed by atoms with Gasteiger partial charge in [0, 0.05) is 6.42 Å². The third kappa shape index (κ3) is 3.54. The van der Waals surface area contributed by atoms with E-state index in [2.05, 4.69) is 10.2 Å². The Kier molecular flexibility index (Phi) is 4.12. The van der Waals surface area contributed by atoms with Crippen LogP contribution in [0.5, 0.6) is 5.75 Å². The Hall–Kier alpha value is -2.37. The van der Waals surface area contributed by atoms with Gasteiger partial charge >= 0.3 is 11.9 Å². The number of aromatic carboxylic acids is 1. The molecule has 6 nitrogen and oxygen atoms in total. The number of hydrogen-bond acceptors (Lipinski definition) is 5. The maximum atomic E-state index is 10.6. The molecule has 2 rings (SSSR count). The Labute approximate surface area is 110 Å². The van der Waals surface area contributed by atoms with E-state index in [4.69, 9.17) is 14.3 Å². The summed E-state index contributed by atoms with van der Waals surface area (Å²) >= 11 is 0. The van der Waals surface area contributed by atoms with E-state index in [9.17, 15) is 4.79 Å². The van der Waals surface area contributed by atoms with Crippen LogP contribution in [0.1, 0.15) is 29.1 Å². The zero-order valence-corrected chi connectivity index (χ0v) is 10.5. The molecule has 6 heteroatoms. The average Bonchev–Trinajstić information content (AvgIpc) is 2.87. The number of aromatic nitrogens is 2. The normalized spacial score (nSPS) is 10.4. The van der Waals surface area contributed by atoms with Crippen molar-refractivity contribution in [2.75, 3.05) is 6.61 Å².